The molecule has 0 fully saturated rings. The van der Waals surface area contributed by atoms with Gasteiger partial charge in [-0.15, -0.1) is 0 Å². The first-order valence-electron chi connectivity index (χ1n) is 9.06. The van der Waals surface area contributed by atoms with Crippen molar-refractivity contribution < 1.29 is 14.0 Å². The van der Waals surface area contributed by atoms with Crippen molar-refractivity contribution in [2.45, 2.75) is 33.2 Å². The van der Waals surface area contributed by atoms with Gasteiger partial charge in [-0.25, -0.2) is 0 Å². The molecule has 0 aliphatic heterocycles. The largest absolute Gasteiger partial charge is 0.467 e. The normalized spacial score (nSPS) is 10.4. The number of nitrogens with one attached hydrogen (secondary N) is 2. The van der Waals surface area contributed by atoms with Crippen molar-refractivity contribution in [1.82, 2.24) is 10.2 Å². The summed E-state index contributed by atoms with van der Waals surface area (Å²) in [5.74, 6) is 0.585. The Morgan fingerprint density at radius 1 is 1.08 bits per heavy atom. The average Bonchev–Trinajstić information content (AvgIpc) is 3.18. The zero-order chi connectivity index (χ0) is 18.8. The van der Waals surface area contributed by atoms with Crippen LogP contribution in [0.4, 0.5) is 5.69 Å². The van der Waals surface area contributed by atoms with E-state index in [0.717, 1.165) is 31.6 Å². The van der Waals surface area contributed by atoms with Crippen molar-refractivity contribution in [2.75, 3.05) is 25.0 Å². The Balaban J connectivity index is 1.89. The van der Waals surface area contributed by atoms with E-state index in [1.54, 1.807) is 30.5 Å². The lowest BCUT2D eigenvalue weighted by atomic mass is 10.2. The van der Waals surface area contributed by atoms with Gasteiger partial charge in [0.15, 0.2) is 0 Å². The van der Waals surface area contributed by atoms with Crippen molar-refractivity contribution in [3.63, 3.8) is 0 Å². The van der Waals surface area contributed by atoms with Gasteiger partial charge in [0.25, 0.3) is 5.91 Å². The summed E-state index contributed by atoms with van der Waals surface area (Å²) in [6, 6.07) is 10.7. The highest BCUT2D eigenvalue weighted by Crippen LogP contribution is 2.11. The third-order valence-electron chi connectivity index (χ3n) is 3.91. The fraction of sp³-hybridized carbons (Fsp3) is 0.400. The van der Waals surface area contributed by atoms with Crippen LogP contribution in [0.15, 0.2) is 47.1 Å². The fourth-order valence-electron chi connectivity index (χ4n) is 2.64. The minimum atomic E-state index is -0.185. The number of carbonyl (C=O) groups excluding carboxylic acids is 2. The van der Waals surface area contributed by atoms with E-state index in [1.165, 1.54) is 0 Å². The van der Waals surface area contributed by atoms with Gasteiger partial charge in [-0.05, 0) is 43.2 Å². The van der Waals surface area contributed by atoms with Crippen molar-refractivity contribution in [2.24, 2.45) is 0 Å². The molecule has 0 bridgehead atoms. The van der Waals surface area contributed by atoms with E-state index in [-0.39, 0.29) is 18.4 Å². The predicted octanol–water partition coefficient (Wildman–Crippen LogP) is 3.27. The van der Waals surface area contributed by atoms with Gasteiger partial charge in [-0.3, -0.25) is 9.59 Å². The van der Waals surface area contributed by atoms with E-state index >= 15 is 0 Å². The maximum atomic E-state index is 12.3. The Morgan fingerprint density at radius 2 is 1.85 bits per heavy atom. The second-order valence-electron chi connectivity index (χ2n) is 6.08. The number of nitrogens with zero attached hydrogens (tertiary/aromatic N) is 1. The summed E-state index contributed by atoms with van der Waals surface area (Å²) in [5, 5.41) is 5.93. The summed E-state index contributed by atoms with van der Waals surface area (Å²) in [6.45, 7) is 6.22. The molecule has 26 heavy (non-hydrogen) atoms. The highest BCUT2D eigenvalue weighted by molar-refractivity contribution is 5.95. The first-order chi connectivity index (χ1) is 12.6. The third kappa shape index (κ3) is 5.95. The second kappa shape index (κ2) is 10.3. The van der Waals surface area contributed by atoms with E-state index in [2.05, 4.69) is 24.5 Å². The van der Waals surface area contributed by atoms with Crippen LogP contribution in [-0.2, 0) is 11.3 Å². The number of amides is 2. The molecule has 1 aromatic heterocycles. The number of hydrogen-bond acceptors (Lipinski definition) is 4. The molecule has 0 aliphatic rings. The molecule has 2 aromatic rings. The maximum Gasteiger partial charge on any atom is 0.251 e. The van der Waals surface area contributed by atoms with Gasteiger partial charge in [0.2, 0.25) is 5.91 Å². The standard InChI is InChI=1S/C20H27N3O3/c1-3-10-23(11-4-2)19(24)15-21-17-8-5-7-16(13-17)20(25)22-14-18-9-6-12-26-18/h5-9,12-13,21H,3-4,10-11,14-15H2,1-2H3,(H,22,25). The van der Waals surface area contributed by atoms with Crippen LogP contribution in [0.3, 0.4) is 0 Å². The molecule has 0 saturated heterocycles. The summed E-state index contributed by atoms with van der Waals surface area (Å²) >= 11 is 0. The molecule has 2 amide bonds. The van der Waals surface area contributed by atoms with Crippen LogP contribution in [0.5, 0.6) is 0 Å². The Hall–Kier alpha value is -2.76. The van der Waals surface area contributed by atoms with Gasteiger partial charge in [0.1, 0.15) is 5.76 Å². The molecule has 0 spiro atoms. The lowest BCUT2D eigenvalue weighted by molar-refractivity contribution is -0.129. The summed E-state index contributed by atoms with van der Waals surface area (Å²) in [5.41, 5.74) is 1.28. The quantitative estimate of drug-likeness (QED) is 0.684. The van der Waals surface area contributed by atoms with Gasteiger partial charge in [0, 0.05) is 24.3 Å². The van der Waals surface area contributed by atoms with Crippen LogP contribution in [-0.4, -0.2) is 36.3 Å². The topological polar surface area (TPSA) is 74.6 Å². The van der Waals surface area contributed by atoms with Crippen molar-refractivity contribution in [3.8, 4) is 0 Å². The first-order valence-corrected chi connectivity index (χ1v) is 9.06. The van der Waals surface area contributed by atoms with E-state index in [4.69, 9.17) is 4.42 Å². The molecule has 1 heterocycles. The SMILES string of the molecule is CCCN(CCC)C(=O)CNc1cccc(C(=O)NCc2ccco2)c1. The second-order valence-corrected chi connectivity index (χ2v) is 6.08. The Kier molecular flexibility index (Phi) is 7.74. The van der Waals surface area contributed by atoms with Crippen LogP contribution in [0.2, 0.25) is 0 Å². The number of benzene rings is 1. The highest BCUT2D eigenvalue weighted by Gasteiger charge is 2.12. The lowest BCUT2D eigenvalue weighted by Crippen LogP contribution is -2.36. The molecule has 0 unspecified atom stereocenters. The van der Waals surface area contributed by atoms with Crippen molar-refractivity contribution >= 4 is 17.5 Å². The summed E-state index contributed by atoms with van der Waals surface area (Å²) in [4.78, 5) is 26.4. The monoisotopic (exact) mass is 357 g/mol. The molecule has 0 atom stereocenters. The number of carbonyl (C=O) groups is 2. The maximum absolute atomic E-state index is 12.3. The highest BCUT2D eigenvalue weighted by atomic mass is 16.3. The number of furan rings is 1. The van der Waals surface area contributed by atoms with E-state index in [9.17, 15) is 9.59 Å². The average molecular weight is 357 g/mol. The summed E-state index contributed by atoms with van der Waals surface area (Å²) < 4.78 is 5.20. The molecule has 0 aliphatic carbocycles. The van der Waals surface area contributed by atoms with Gasteiger partial charge in [-0.1, -0.05) is 19.9 Å². The van der Waals surface area contributed by atoms with Crippen LogP contribution in [0, 0.1) is 0 Å². The smallest absolute Gasteiger partial charge is 0.251 e. The molecule has 0 saturated carbocycles. The van der Waals surface area contributed by atoms with Gasteiger partial charge >= 0.3 is 0 Å². The number of hydrogen-bond donors (Lipinski definition) is 2. The molecule has 2 N–H and O–H groups in total. The van der Waals surface area contributed by atoms with Crippen molar-refractivity contribution in [3.05, 3.63) is 54.0 Å². The Bertz CT molecular complexity index is 692. The molecule has 6 heteroatoms. The molecule has 0 radical (unpaired) electrons. The van der Waals surface area contributed by atoms with E-state index in [1.807, 2.05) is 17.0 Å². The van der Waals surface area contributed by atoms with E-state index in [0.29, 0.717) is 17.9 Å². The lowest BCUT2D eigenvalue weighted by Gasteiger charge is -2.22. The van der Waals surface area contributed by atoms with Crippen LogP contribution in [0.25, 0.3) is 0 Å². The first kappa shape index (κ1) is 19.6. The minimum Gasteiger partial charge on any atom is -0.467 e. The van der Waals surface area contributed by atoms with Gasteiger partial charge in [-0.2, -0.15) is 0 Å². The molecule has 140 valence electrons. The third-order valence-corrected chi connectivity index (χ3v) is 3.91. The minimum absolute atomic E-state index is 0.0707. The van der Waals surface area contributed by atoms with Gasteiger partial charge < -0.3 is 20.0 Å². The number of rotatable bonds is 10. The molecular formula is C20H27N3O3. The van der Waals surface area contributed by atoms with Crippen molar-refractivity contribution in [1.29, 1.82) is 0 Å². The molecular weight excluding hydrogens is 330 g/mol. The van der Waals surface area contributed by atoms with Gasteiger partial charge in [0.05, 0.1) is 19.4 Å². The predicted molar refractivity (Wildman–Crippen MR) is 102 cm³/mol. The van der Waals surface area contributed by atoms with E-state index < -0.39 is 0 Å². The Labute approximate surface area is 154 Å². The Morgan fingerprint density at radius 3 is 2.50 bits per heavy atom. The fourth-order valence-corrected chi connectivity index (χ4v) is 2.64. The summed E-state index contributed by atoms with van der Waals surface area (Å²) in [6.07, 6.45) is 3.46. The van der Waals surface area contributed by atoms with Crippen LogP contribution >= 0.6 is 0 Å². The van der Waals surface area contributed by atoms with Crippen LogP contribution in [0.1, 0.15) is 42.8 Å². The zero-order valence-corrected chi connectivity index (χ0v) is 15.5. The summed E-state index contributed by atoms with van der Waals surface area (Å²) in [7, 11) is 0. The van der Waals surface area contributed by atoms with Crippen LogP contribution < -0.4 is 10.6 Å². The molecule has 6 nitrogen and oxygen atoms in total. The molecule has 1 aromatic carbocycles. The number of anilines is 1. The zero-order valence-electron chi connectivity index (χ0n) is 15.5. The molecule has 2 rings (SSSR count).